The number of rotatable bonds is 6. The van der Waals surface area contributed by atoms with Crippen LogP contribution >= 0.6 is 0 Å². The summed E-state index contributed by atoms with van der Waals surface area (Å²) < 4.78 is 42.9. The molecule has 0 atom stereocenters. The number of piperidine rings is 1. The number of alkyl halides is 3. The van der Waals surface area contributed by atoms with Crippen LogP contribution in [0.25, 0.3) is 0 Å². The molecule has 6 nitrogen and oxygen atoms in total. The highest BCUT2D eigenvalue weighted by atomic mass is 19.4. The van der Waals surface area contributed by atoms with Gasteiger partial charge in [0, 0.05) is 31.4 Å². The summed E-state index contributed by atoms with van der Waals surface area (Å²) in [7, 11) is 0. The molecule has 1 aromatic carbocycles. The number of carbonyl (C=O) groups excluding carboxylic acids is 1. The summed E-state index contributed by atoms with van der Waals surface area (Å²) in [6.07, 6.45) is 2.06. The Morgan fingerprint density at radius 3 is 2.50 bits per heavy atom. The average molecular weight is 394 g/mol. The maximum Gasteiger partial charge on any atom is 0.416 e. The number of anilines is 1. The summed E-state index contributed by atoms with van der Waals surface area (Å²) in [4.78, 5) is 22.7. The Kier molecular flexibility index (Phi) is 6.33. The average Bonchev–Trinajstić information content (AvgIpc) is 2.71. The lowest BCUT2D eigenvalue weighted by molar-refractivity contribution is -0.137. The highest BCUT2D eigenvalue weighted by Crippen LogP contribution is 2.30. The van der Waals surface area contributed by atoms with Crippen molar-refractivity contribution in [3.63, 3.8) is 0 Å². The summed E-state index contributed by atoms with van der Waals surface area (Å²) in [6.45, 7) is 1.96. The first kappa shape index (κ1) is 19.9. The normalized spacial score (nSPS) is 15.3. The van der Waals surface area contributed by atoms with Crippen LogP contribution in [0.2, 0.25) is 0 Å². The van der Waals surface area contributed by atoms with Crippen LogP contribution in [0.5, 0.6) is 5.75 Å². The topological polar surface area (TPSA) is 67.3 Å². The fourth-order valence-corrected chi connectivity index (χ4v) is 3.05. The molecule has 1 saturated heterocycles. The van der Waals surface area contributed by atoms with E-state index >= 15 is 0 Å². The molecule has 1 aliphatic heterocycles. The molecule has 0 spiro atoms. The highest BCUT2D eigenvalue weighted by Gasteiger charge is 2.30. The first-order valence-electron chi connectivity index (χ1n) is 9.02. The quantitative estimate of drug-likeness (QED) is 0.763. The van der Waals surface area contributed by atoms with Gasteiger partial charge in [0.05, 0.1) is 18.3 Å². The fraction of sp³-hybridized carbons (Fsp3) is 0.421. The fourth-order valence-electron chi connectivity index (χ4n) is 3.05. The number of nitrogens with zero attached hydrogens (tertiary/aromatic N) is 3. The van der Waals surface area contributed by atoms with E-state index < -0.39 is 11.7 Å². The molecule has 1 aromatic heterocycles. The predicted octanol–water partition coefficient (Wildman–Crippen LogP) is 2.91. The van der Waals surface area contributed by atoms with Crippen molar-refractivity contribution >= 4 is 11.7 Å². The van der Waals surface area contributed by atoms with Crippen molar-refractivity contribution in [3.8, 4) is 5.75 Å². The molecule has 1 fully saturated rings. The van der Waals surface area contributed by atoms with E-state index in [1.807, 2.05) is 0 Å². The first-order valence-corrected chi connectivity index (χ1v) is 9.02. The Labute approximate surface area is 160 Å². The van der Waals surface area contributed by atoms with Crippen molar-refractivity contribution in [2.75, 3.05) is 31.1 Å². The minimum atomic E-state index is -4.37. The van der Waals surface area contributed by atoms with E-state index in [2.05, 4.69) is 20.2 Å². The van der Waals surface area contributed by atoms with Crippen LogP contribution in [-0.4, -0.2) is 42.1 Å². The zero-order chi connectivity index (χ0) is 20.0. The number of halogens is 3. The molecule has 3 rings (SSSR count). The molecule has 28 heavy (non-hydrogen) atoms. The molecule has 0 saturated carbocycles. The van der Waals surface area contributed by atoms with Crippen molar-refractivity contribution < 1.29 is 22.7 Å². The molecule has 0 aliphatic carbocycles. The monoisotopic (exact) mass is 394 g/mol. The Morgan fingerprint density at radius 2 is 1.89 bits per heavy atom. The minimum absolute atomic E-state index is 0.0326. The first-order chi connectivity index (χ1) is 13.4. The number of amides is 1. The number of aromatic nitrogens is 2. The smallest absolute Gasteiger partial charge is 0.416 e. The van der Waals surface area contributed by atoms with Gasteiger partial charge in [0.2, 0.25) is 5.91 Å². The van der Waals surface area contributed by atoms with Crippen molar-refractivity contribution in [2.24, 2.45) is 5.92 Å². The minimum Gasteiger partial charge on any atom is -0.492 e. The van der Waals surface area contributed by atoms with Gasteiger partial charge in [-0.15, -0.1) is 0 Å². The van der Waals surface area contributed by atoms with Crippen LogP contribution in [0.3, 0.4) is 0 Å². The van der Waals surface area contributed by atoms with Crippen LogP contribution in [0.1, 0.15) is 18.4 Å². The van der Waals surface area contributed by atoms with Gasteiger partial charge < -0.3 is 15.0 Å². The SMILES string of the molecule is O=C(NCCOc1ccc(C(F)(F)F)cc1)C1CCN(c2cnccn2)CC1. The summed E-state index contributed by atoms with van der Waals surface area (Å²) in [5.74, 6) is 1.04. The van der Waals surface area contributed by atoms with Crippen molar-refractivity contribution in [1.29, 1.82) is 0 Å². The molecular formula is C19H21F3N4O2. The number of hydrogen-bond donors (Lipinski definition) is 1. The number of nitrogens with one attached hydrogen (secondary N) is 1. The standard InChI is InChI=1S/C19H21F3N4O2/c20-19(21,22)15-1-3-16(4-2-15)28-12-9-25-18(27)14-5-10-26(11-6-14)17-13-23-7-8-24-17/h1-4,7-8,13-14H,5-6,9-12H2,(H,25,27). The van der Waals surface area contributed by atoms with Gasteiger partial charge in [-0.3, -0.25) is 9.78 Å². The van der Waals surface area contributed by atoms with Gasteiger partial charge in [-0.2, -0.15) is 13.2 Å². The van der Waals surface area contributed by atoms with Crippen molar-refractivity contribution in [1.82, 2.24) is 15.3 Å². The van der Waals surface area contributed by atoms with Crippen molar-refractivity contribution in [2.45, 2.75) is 19.0 Å². The zero-order valence-electron chi connectivity index (χ0n) is 15.2. The third kappa shape index (κ3) is 5.34. The van der Waals surface area contributed by atoms with Crippen LogP contribution < -0.4 is 15.0 Å². The molecule has 0 unspecified atom stereocenters. The van der Waals surface area contributed by atoms with Gasteiger partial charge in [0.25, 0.3) is 0 Å². The van der Waals surface area contributed by atoms with E-state index in [1.54, 1.807) is 18.6 Å². The van der Waals surface area contributed by atoms with Gasteiger partial charge in [0.1, 0.15) is 18.2 Å². The maximum atomic E-state index is 12.5. The number of ether oxygens (including phenoxy) is 1. The maximum absolute atomic E-state index is 12.5. The molecule has 1 aliphatic rings. The summed E-state index contributed by atoms with van der Waals surface area (Å²) >= 11 is 0. The molecule has 2 aromatic rings. The van der Waals surface area contributed by atoms with Crippen LogP contribution in [0, 0.1) is 5.92 Å². The van der Waals surface area contributed by atoms with Gasteiger partial charge in [-0.05, 0) is 37.1 Å². The molecule has 0 bridgehead atoms. The van der Waals surface area contributed by atoms with Crippen LogP contribution in [0.15, 0.2) is 42.9 Å². The van der Waals surface area contributed by atoms with E-state index in [0.717, 1.165) is 43.9 Å². The van der Waals surface area contributed by atoms with Crippen LogP contribution in [0.4, 0.5) is 19.0 Å². The number of benzene rings is 1. The lowest BCUT2D eigenvalue weighted by atomic mass is 9.96. The second kappa shape index (κ2) is 8.90. The van der Waals surface area contributed by atoms with E-state index in [9.17, 15) is 18.0 Å². The van der Waals surface area contributed by atoms with E-state index in [0.29, 0.717) is 12.3 Å². The molecular weight excluding hydrogens is 373 g/mol. The van der Waals surface area contributed by atoms with E-state index in [-0.39, 0.29) is 18.4 Å². The second-order valence-electron chi connectivity index (χ2n) is 6.49. The Morgan fingerprint density at radius 1 is 1.18 bits per heavy atom. The van der Waals surface area contributed by atoms with Gasteiger partial charge in [0.15, 0.2) is 0 Å². The Bertz CT molecular complexity index is 761. The summed E-state index contributed by atoms with van der Waals surface area (Å²) in [5.41, 5.74) is -0.721. The molecule has 2 heterocycles. The van der Waals surface area contributed by atoms with E-state index in [4.69, 9.17) is 4.74 Å². The lowest BCUT2D eigenvalue weighted by Gasteiger charge is -2.31. The number of hydrogen-bond acceptors (Lipinski definition) is 5. The third-order valence-corrected chi connectivity index (χ3v) is 4.59. The van der Waals surface area contributed by atoms with Gasteiger partial charge >= 0.3 is 6.18 Å². The Hall–Kier alpha value is -2.84. The predicted molar refractivity (Wildman–Crippen MR) is 96.9 cm³/mol. The molecule has 1 N–H and O–H groups in total. The van der Waals surface area contributed by atoms with E-state index in [1.165, 1.54) is 12.1 Å². The third-order valence-electron chi connectivity index (χ3n) is 4.59. The summed E-state index contributed by atoms with van der Waals surface area (Å²) in [5, 5.41) is 2.82. The molecule has 0 radical (unpaired) electrons. The second-order valence-corrected chi connectivity index (χ2v) is 6.49. The Balaban J connectivity index is 1.36. The van der Waals surface area contributed by atoms with Gasteiger partial charge in [-0.25, -0.2) is 4.98 Å². The lowest BCUT2D eigenvalue weighted by Crippen LogP contribution is -2.41. The van der Waals surface area contributed by atoms with Gasteiger partial charge in [-0.1, -0.05) is 0 Å². The number of carbonyl (C=O) groups is 1. The van der Waals surface area contributed by atoms with Crippen LogP contribution in [-0.2, 0) is 11.0 Å². The molecule has 9 heteroatoms. The highest BCUT2D eigenvalue weighted by molar-refractivity contribution is 5.78. The largest absolute Gasteiger partial charge is 0.492 e. The molecule has 150 valence electrons. The summed E-state index contributed by atoms with van der Waals surface area (Å²) in [6, 6.07) is 4.48. The van der Waals surface area contributed by atoms with Crippen molar-refractivity contribution in [3.05, 3.63) is 48.4 Å². The molecule has 1 amide bonds. The zero-order valence-corrected chi connectivity index (χ0v) is 15.2.